The first kappa shape index (κ1) is 24.1. The molecule has 0 fully saturated rings. The average molecular weight is 432 g/mol. The van der Waals surface area contributed by atoms with Crippen LogP contribution in [0.1, 0.15) is 41.5 Å². The van der Waals surface area contributed by atoms with Crippen molar-refractivity contribution in [2.75, 3.05) is 39.6 Å². The van der Waals surface area contributed by atoms with Gasteiger partial charge in [-0.3, -0.25) is 0 Å². The molecular formula is C12H32Ge2NO6. The molecule has 2 N–H and O–H groups in total. The Kier molecular flexibility index (Phi) is 19.7. The Labute approximate surface area is 138 Å². The number of hydrogen-bond donors (Lipinski definition) is 1. The van der Waals surface area contributed by atoms with Crippen LogP contribution in [0.4, 0.5) is 0 Å². The van der Waals surface area contributed by atoms with E-state index >= 15 is 0 Å². The fourth-order valence-electron chi connectivity index (χ4n) is 1.21. The van der Waals surface area contributed by atoms with E-state index in [1.165, 1.54) is 0 Å². The van der Waals surface area contributed by atoms with E-state index in [0.29, 0.717) is 39.6 Å². The Hall–Kier alpha value is 0.806. The maximum absolute atomic E-state index is 5.75. The zero-order chi connectivity index (χ0) is 16.6. The molecule has 0 amide bonds. The van der Waals surface area contributed by atoms with Crippen LogP contribution in [0.25, 0.3) is 0 Å². The van der Waals surface area contributed by atoms with Gasteiger partial charge in [0.2, 0.25) is 0 Å². The van der Waals surface area contributed by atoms with Gasteiger partial charge in [0, 0.05) is 0 Å². The van der Waals surface area contributed by atoms with Gasteiger partial charge in [-0.1, -0.05) is 0 Å². The second kappa shape index (κ2) is 17.2. The third kappa shape index (κ3) is 15.5. The molecule has 0 aliphatic carbocycles. The number of hydrogen-bond acceptors (Lipinski definition) is 7. The van der Waals surface area contributed by atoms with Crippen LogP contribution in [0.2, 0.25) is 0 Å². The van der Waals surface area contributed by atoms with Gasteiger partial charge in [0.25, 0.3) is 0 Å². The second-order valence-electron chi connectivity index (χ2n) is 3.45. The minimum absolute atomic E-state index is 0.552. The molecule has 0 atom stereocenters. The molecular weight excluding hydrogens is 399 g/mol. The predicted molar refractivity (Wildman–Crippen MR) is 85.5 cm³/mol. The molecule has 0 spiro atoms. The van der Waals surface area contributed by atoms with E-state index in [1.54, 1.807) is 0 Å². The van der Waals surface area contributed by atoms with E-state index in [0.717, 1.165) is 0 Å². The molecule has 0 saturated carbocycles. The van der Waals surface area contributed by atoms with Gasteiger partial charge in [0.1, 0.15) is 0 Å². The Morgan fingerprint density at radius 1 is 0.619 bits per heavy atom. The van der Waals surface area contributed by atoms with Gasteiger partial charge in [-0.2, -0.15) is 0 Å². The summed E-state index contributed by atoms with van der Waals surface area (Å²) in [6, 6.07) is 0. The van der Waals surface area contributed by atoms with Crippen LogP contribution in [0.5, 0.6) is 0 Å². The molecule has 21 heavy (non-hydrogen) atoms. The Morgan fingerprint density at radius 2 is 0.905 bits per heavy atom. The summed E-state index contributed by atoms with van der Waals surface area (Å²) in [7, 11) is 0. The quantitative estimate of drug-likeness (QED) is 0.470. The van der Waals surface area contributed by atoms with Gasteiger partial charge in [0.05, 0.1) is 0 Å². The van der Waals surface area contributed by atoms with Crippen LogP contribution in [-0.4, -0.2) is 69.5 Å². The average Bonchev–Trinajstić information content (AvgIpc) is 2.41. The van der Waals surface area contributed by atoms with Crippen molar-refractivity contribution in [2.24, 2.45) is 4.69 Å². The molecule has 129 valence electrons. The van der Waals surface area contributed by atoms with E-state index in [4.69, 9.17) is 27.3 Å². The summed E-state index contributed by atoms with van der Waals surface area (Å²) in [5.41, 5.74) is 0. The molecule has 1 radical (unpaired) electrons. The number of nitrogens with two attached hydrogens (primary N) is 1. The van der Waals surface area contributed by atoms with Crippen LogP contribution < -0.4 is 4.69 Å². The normalized spacial score (nSPS) is 11.4. The van der Waals surface area contributed by atoms with Crippen LogP contribution in [0.15, 0.2) is 0 Å². The zero-order valence-electron chi connectivity index (χ0n) is 14.3. The first-order valence-electron chi connectivity index (χ1n) is 7.49. The molecule has 0 rings (SSSR count). The molecule has 0 unspecified atom stereocenters. The van der Waals surface area contributed by atoms with Crippen molar-refractivity contribution in [3.63, 3.8) is 0 Å². The first-order valence-corrected chi connectivity index (χ1v) is 13.8. The van der Waals surface area contributed by atoms with Gasteiger partial charge in [-0.15, -0.1) is 0 Å². The van der Waals surface area contributed by atoms with Gasteiger partial charge in [-0.05, 0) is 0 Å². The molecule has 9 heteroatoms. The predicted octanol–water partition coefficient (Wildman–Crippen LogP) is 1.57. The van der Waals surface area contributed by atoms with Crippen molar-refractivity contribution in [3.8, 4) is 0 Å². The van der Waals surface area contributed by atoms with Crippen molar-refractivity contribution in [1.82, 2.24) is 0 Å². The van der Waals surface area contributed by atoms with E-state index in [1.807, 2.05) is 41.5 Å². The van der Waals surface area contributed by atoms with Crippen LogP contribution >= 0.6 is 0 Å². The van der Waals surface area contributed by atoms with E-state index in [9.17, 15) is 0 Å². The van der Waals surface area contributed by atoms with Crippen molar-refractivity contribution in [2.45, 2.75) is 41.5 Å². The van der Waals surface area contributed by atoms with E-state index < -0.39 is 29.9 Å². The Morgan fingerprint density at radius 3 is 1.10 bits per heavy atom. The SMILES string of the molecule is CC[O][Ge]([NH2])([O]CC)[O]CC.CC[O][Ge]([O]CC)[O]CC. The number of rotatable bonds is 12. The Bertz CT molecular complexity index is 183. The van der Waals surface area contributed by atoms with Crippen molar-refractivity contribution < 1.29 is 22.6 Å². The van der Waals surface area contributed by atoms with Crippen LogP contribution in [0, 0.1) is 0 Å². The molecule has 0 heterocycles. The second-order valence-corrected chi connectivity index (χ2v) is 10.7. The topological polar surface area (TPSA) is 81.4 Å². The molecule has 7 nitrogen and oxygen atoms in total. The summed E-state index contributed by atoms with van der Waals surface area (Å²) >= 11 is -5.23. The maximum atomic E-state index is 5.75. The van der Waals surface area contributed by atoms with E-state index in [2.05, 4.69) is 0 Å². The Balaban J connectivity index is 0. The molecule has 0 aliphatic heterocycles. The van der Waals surface area contributed by atoms with Crippen LogP contribution in [0.3, 0.4) is 0 Å². The third-order valence-corrected chi connectivity index (χ3v) is 9.47. The standard InChI is InChI=1S/C6H17GeNO3.C6H15GeO3/c1-4-9-7(8,10-5-2)11-6-3;1-4-8-7(9-5-2)10-6-3/h4-6,8H2,1-3H3;4-6H2,1-3H3. The summed E-state index contributed by atoms with van der Waals surface area (Å²) in [6.07, 6.45) is 0. The summed E-state index contributed by atoms with van der Waals surface area (Å²) in [5, 5.41) is 0. The summed E-state index contributed by atoms with van der Waals surface area (Å²) in [4.78, 5) is 0. The van der Waals surface area contributed by atoms with Gasteiger partial charge in [-0.25, -0.2) is 0 Å². The van der Waals surface area contributed by atoms with Gasteiger partial charge >= 0.3 is 138 Å². The van der Waals surface area contributed by atoms with E-state index in [-0.39, 0.29) is 0 Å². The first-order chi connectivity index (χ1) is 10.0. The zero-order valence-corrected chi connectivity index (χ0v) is 18.5. The molecule has 0 aromatic rings. The summed E-state index contributed by atoms with van der Waals surface area (Å²) in [5.74, 6) is 0. The molecule has 0 saturated heterocycles. The van der Waals surface area contributed by atoms with Crippen molar-refractivity contribution in [1.29, 1.82) is 0 Å². The summed E-state index contributed by atoms with van der Waals surface area (Å²) in [6.45, 7) is 15.2. The third-order valence-electron chi connectivity index (χ3n) is 1.82. The molecule has 0 aromatic carbocycles. The van der Waals surface area contributed by atoms with Crippen molar-refractivity contribution >= 4 is 29.9 Å². The van der Waals surface area contributed by atoms with Crippen molar-refractivity contribution in [3.05, 3.63) is 0 Å². The summed E-state index contributed by atoms with van der Waals surface area (Å²) < 4.78 is 37.2. The monoisotopic (exact) mass is 434 g/mol. The molecule has 0 bridgehead atoms. The van der Waals surface area contributed by atoms with Crippen LogP contribution in [-0.2, 0) is 22.6 Å². The molecule has 0 aliphatic rings. The van der Waals surface area contributed by atoms with Gasteiger partial charge < -0.3 is 0 Å². The fourth-order valence-corrected chi connectivity index (χ4v) is 6.27. The fraction of sp³-hybridized carbons (Fsp3) is 1.00. The minimum atomic E-state index is -3.24. The molecule has 0 aromatic heterocycles. The van der Waals surface area contributed by atoms with Gasteiger partial charge in [0.15, 0.2) is 0 Å².